The van der Waals surface area contributed by atoms with Crippen LogP contribution in [-0.2, 0) is 9.84 Å². The number of nitrogen functional groups attached to an aromatic ring is 1. The van der Waals surface area contributed by atoms with Crippen molar-refractivity contribution in [2.45, 2.75) is 43.3 Å². The molecule has 0 bridgehead atoms. The fraction of sp³-hybridized carbons (Fsp3) is 0.571. The molecule has 2 rings (SSSR count). The van der Waals surface area contributed by atoms with Gasteiger partial charge in [-0.1, -0.05) is 31.5 Å². The molecule has 0 heterocycles. The van der Waals surface area contributed by atoms with Crippen LogP contribution in [0, 0.1) is 11.8 Å². The lowest BCUT2D eigenvalue weighted by Gasteiger charge is -2.31. The summed E-state index contributed by atoms with van der Waals surface area (Å²) >= 11 is 6.05. The third-order valence-electron chi connectivity index (χ3n) is 3.86. The molecule has 1 saturated carbocycles. The molecule has 1 aromatic rings. The highest BCUT2D eigenvalue weighted by Crippen LogP contribution is 2.38. The minimum absolute atomic E-state index is 0.114. The first-order chi connectivity index (χ1) is 8.82. The fourth-order valence-electron chi connectivity index (χ4n) is 3.12. The Hall–Kier alpha value is -0.740. The van der Waals surface area contributed by atoms with Gasteiger partial charge in [0.2, 0.25) is 0 Å². The Balaban J connectivity index is 2.42. The number of hydrogen-bond acceptors (Lipinski definition) is 3. The van der Waals surface area contributed by atoms with Crippen molar-refractivity contribution in [2.24, 2.45) is 11.8 Å². The van der Waals surface area contributed by atoms with E-state index in [1.165, 1.54) is 0 Å². The van der Waals surface area contributed by atoms with Crippen LogP contribution in [0.25, 0.3) is 0 Å². The highest BCUT2D eigenvalue weighted by molar-refractivity contribution is 7.92. The molecule has 1 aliphatic rings. The van der Waals surface area contributed by atoms with Crippen LogP contribution in [0.1, 0.15) is 33.1 Å². The summed E-state index contributed by atoms with van der Waals surface area (Å²) in [6.45, 7) is 4.21. The molecule has 0 saturated heterocycles. The largest absolute Gasteiger partial charge is 0.398 e. The molecule has 106 valence electrons. The van der Waals surface area contributed by atoms with Crippen LogP contribution in [0.2, 0.25) is 5.02 Å². The molecule has 0 aliphatic heterocycles. The van der Waals surface area contributed by atoms with Crippen molar-refractivity contribution in [2.75, 3.05) is 5.73 Å². The van der Waals surface area contributed by atoms with Gasteiger partial charge < -0.3 is 5.73 Å². The van der Waals surface area contributed by atoms with Crippen LogP contribution in [0.4, 0.5) is 5.69 Å². The second-order valence-electron chi connectivity index (χ2n) is 5.74. The maximum Gasteiger partial charge on any atom is 0.184 e. The molecule has 0 radical (unpaired) electrons. The van der Waals surface area contributed by atoms with E-state index in [-0.39, 0.29) is 20.9 Å². The normalized spacial score (nSPS) is 28.3. The van der Waals surface area contributed by atoms with E-state index in [9.17, 15) is 8.42 Å². The van der Waals surface area contributed by atoms with Crippen LogP contribution in [-0.4, -0.2) is 13.7 Å². The van der Waals surface area contributed by atoms with Crippen molar-refractivity contribution in [1.82, 2.24) is 0 Å². The SMILES string of the molecule is CC1CC(C)CC(S(=O)(=O)c2c(N)cccc2Cl)C1. The summed E-state index contributed by atoms with van der Waals surface area (Å²) in [5, 5.41) is -0.140. The number of halogens is 1. The Morgan fingerprint density at radius 3 is 2.26 bits per heavy atom. The number of nitrogens with two attached hydrogens (primary N) is 1. The third-order valence-corrected chi connectivity index (χ3v) is 6.57. The highest BCUT2D eigenvalue weighted by Gasteiger charge is 2.36. The summed E-state index contributed by atoms with van der Waals surface area (Å²) in [5.41, 5.74) is 6.07. The van der Waals surface area contributed by atoms with Gasteiger partial charge in [-0.05, 0) is 43.2 Å². The van der Waals surface area contributed by atoms with Crippen LogP contribution in [0.5, 0.6) is 0 Å². The minimum atomic E-state index is -3.45. The topological polar surface area (TPSA) is 60.2 Å². The second-order valence-corrected chi connectivity index (χ2v) is 8.31. The number of rotatable bonds is 2. The molecule has 1 aromatic carbocycles. The summed E-state index contributed by atoms with van der Waals surface area (Å²) in [7, 11) is -3.45. The molecule has 2 unspecified atom stereocenters. The average Bonchev–Trinajstić information content (AvgIpc) is 2.26. The molecule has 0 spiro atoms. The van der Waals surface area contributed by atoms with E-state index >= 15 is 0 Å². The summed E-state index contributed by atoms with van der Waals surface area (Å²) < 4.78 is 25.5. The Kier molecular flexibility index (Phi) is 4.11. The predicted octanol–water partition coefficient (Wildman–Crippen LogP) is 3.52. The van der Waals surface area contributed by atoms with Gasteiger partial charge in [-0.15, -0.1) is 0 Å². The summed E-state index contributed by atoms with van der Waals surface area (Å²) in [5.74, 6) is 0.847. The van der Waals surface area contributed by atoms with Gasteiger partial charge in [0.25, 0.3) is 0 Å². The van der Waals surface area contributed by atoms with Gasteiger partial charge in [-0.3, -0.25) is 0 Å². The number of hydrogen-bond donors (Lipinski definition) is 1. The van der Waals surface area contributed by atoms with Gasteiger partial charge in [0.1, 0.15) is 4.90 Å². The molecule has 2 N–H and O–H groups in total. The maximum absolute atomic E-state index is 12.8. The molecule has 5 heteroatoms. The highest BCUT2D eigenvalue weighted by atomic mass is 35.5. The molecule has 2 atom stereocenters. The Morgan fingerprint density at radius 2 is 1.74 bits per heavy atom. The Bertz CT molecular complexity index is 541. The molecule has 1 fully saturated rings. The predicted molar refractivity (Wildman–Crippen MR) is 79.0 cm³/mol. The van der Waals surface area contributed by atoms with Gasteiger partial charge in [-0.2, -0.15) is 0 Å². The first-order valence-corrected chi connectivity index (χ1v) is 8.52. The molecular weight excluding hydrogens is 282 g/mol. The van der Waals surface area contributed by atoms with Gasteiger partial charge in [-0.25, -0.2) is 8.42 Å². The lowest BCUT2D eigenvalue weighted by Crippen LogP contribution is -2.31. The van der Waals surface area contributed by atoms with E-state index in [2.05, 4.69) is 13.8 Å². The van der Waals surface area contributed by atoms with E-state index in [1.807, 2.05) is 0 Å². The van der Waals surface area contributed by atoms with E-state index in [1.54, 1.807) is 18.2 Å². The van der Waals surface area contributed by atoms with Crippen molar-refractivity contribution in [1.29, 1.82) is 0 Å². The van der Waals surface area contributed by atoms with Crippen molar-refractivity contribution < 1.29 is 8.42 Å². The average molecular weight is 302 g/mol. The zero-order chi connectivity index (χ0) is 14.2. The molecule has 0 aromatic heterocycles. The quantitative estimate of drug-likeness (QED) is 0.850. The number of benzene rings is 1. The van der Waals surface area contributed by atoms with E-state index < -0.39 is 9.84 Å². The molecule has 3 nitrogen and oxygen atoms in total. The fourth-order valence-corrected chi connectivity index (χ4v) is 5.86. The lowest BCUT2D eigenvalue weighted by molar-refractivity contribution is 0.301. The standard InChI is InChI=1S/C14H20ClNO2S/c1-9-6-10(2)8-11(7-9)19(17,18)14-12(15)4-3-5-13(14)16/h3-5,9-11H,6-8,16H2,1-2H3. The maximum atomic E-state index is 12.8. The monoisotopic (exact) mass is 301 g/mol. The van der Waals surface area contributed by atoms with Gasteiger partial charge >= 0.3 is 0 Å². The van der Waals surface area contributed by atoms with Crippen LogP contribution in [0.15, 0.2) is 23.1 Å². The van der Waals surface area contributed by atoms with E-state index in [0.29, 0.717) is 24.7 Å². The van der Waals surface area contributed by atoms with E-state index in [0.717, 1.165) is 6.42 Å². The van der Waals surface area contributed by atoms with Crippen LogP contribution in [0.3, 0.4) is 0 Å². The van der Waals surface area contributed by atoms with Gasteiger partial charge in [0.15, 0.2) is 9.84 Å². The summed E-state index contributed by atoms with van der Waals surface area (Å²) in [6, 6.07) is 4.84. The molecular formula is C14H20ClNO2S. The van der Waals surface area contributed by atoms with Crippen LogP contribution < -0.4 is 5.73 Å². The molecule has 1 aliphatic carbocycles. The third kappa shape index (κ3) is 2.90. The van der Waals surface area contributed by atoms with Crippen LogP contribution >= 0.6 is 11.6 Å². The summed E-state index contributed by atoms with van der Waals surface area (Å²) in [4.78, 5) is 0.114. The second kappa shape index (κ2) is 5.33. The zero-order valence-electron chi connectivity index (χ0n) is 11.3. The first-order valence-electron chi connectivity index (χ1n) is 6.60. The smallest absolute Gasteiger partial charge is 0.184 e. The van der Waals surface area contributed by atoms with Crippen molar-refractivity contribution in [3.8, 4) is 0 Å². The minimum Gasteiger partial charge on any atom is -0.398 e. The number of sulfone groups is 1. The molecule has 19 heavy (non-hydrogen) atoms. The molecule has 0 amide bonds. The number of anilines is 1. The Labute approximate surface area is 120 Å². The van der Waals surface area contributed by atoms with Gasteiger partial charge in [0, 0.05) is 0 Å². The van der Waals surface area contributed by atoms with Crippen molar-refractivity contribution >= 4 is 27.1 Å². The van der Waals surface area contributed by atoms with E-state index in [4.69, 9.17) is 17.3 Å². The van der Waals surface area contributed by atoms with Crippen molar-refractivity contribution in [3.05, 3.63) is 23.2 Å². The lowest BCUT2D eigenvalue weighted by atomic mass is 9.83. The zero-order valence-corrected chi connectivity index (χ0v) is 12.8. The Morgan fingerprint density at radius 1 is 1.16 bits per heavy atom. The first kappa shape index (κ1) is 14.7. The van der Waals surface area contributed by atoms with Gasteiger partial charge in [0.05, 0.1) is 16.0 Å². The van der Waals surface area contributed by atoms with Crippen molar-refractivity contribution in [3.63, 3.8) is 0 Å². The summed E-state index contributed by atoms with van der Waals surface area (Å²) in [6.07, 6.45) is 2.47.